The third-order valence-electron chi connectivity index (χ3n) is 3.40. The van der Waals surface area contributed by atoms with Gasteiger partial charge in [0, 0.05) is 23.8 Å². The van der Waals surface area contributed by atoms with E-state index in [4.69, 9.17) is 4.74 Å². The number of hydrogen-bond donors (Lipinski definition) is 1. The maximum atomic E-state index is 12.0. The second kappa shape index (κ2) is 7.28. The van der Waals surface area contributed by atoms with E-state index in [9.17, 15) is 9.59 Å². The third-order valence-corrected chi connectivity index (χ3v) is 3.40. The molecule has 0 spiro atoms. The lowest BCUT2D eigenvalue weighted by Gasteiger charge is -2.07. The molecule has 1 N–H and O–H groups in total. The molecule has 0 saturated heterocycles. The zero-order valence-electron chi connectivity index (χ0n) is 12.9. The van der Waals surface area contributed by atoms with Gasteiger partial charge in [0.2, 0.25) is 0 Å². The minimum atomic E-state index is -0.530. The van der Waals surface area contributed by atoms with E-state index in [1.54, 1.807) is 24.3 Å². The molecule has 0 atom stereocenters. The molecule has 0 bridgehead atoms. The summed E-state index contributed by atoms with van der Waals surface area (Å²) in [4.78, 5) is 23.8. The van der Waals surface area contributed by atoms with E-state index in [2.05, 4.69) is 5.32 Å². The molecule has 0 aliphatic rings. The largest absolute Gasteiger partial charge is 0.452 e. The molecule has 1 aromatic heterocycles. The number of para-hydroxylation sites is 1. The lowest BCUT2D eigenvalue weighted by Crippen LogP contribution is -2.20. The first-order valence-corrected chi connectivity index (χ1v) is 7.48. The Balaban J connectivity index is 1.54. The highest BCUT2D eigenvalue weighted by molar-refractivity contribution is 5.95. The van der Waals surface area contributed by atoms with Gasteiger partial charge in [-0.1, -0.05) is 18.2 Å². The first-order chi connectivity index (χ1) is 11.7. The van der Waals surface area contributed by atoms with Crippen LogP contribution in [0.15, 0.2) is 79.1 Å². The first-order valence-electron chi connectivity index (χ1n) is 7.48. The van der Waals surface area contributed by atoms with Crippen molar-refractivity contribution in [1.29, 1.82) is 0 Å². The summed E-state index contributed by atoms with van der Waals surface area (Å²) in [6.07, 6.45) is 3.84. The summed E-state index contributed by atoms with van der Waals surface area (Å²) in [7, 11) is 0. The van der Waals surface area contributed by atoms with Crippen LogP contribution >= 0.6 is 0 Å². The molecule has 0 saturated carbocycles. The van der Waals surface area contributed by atoms with Gasteiger partial charge in [-0.3, -0.25) is 4.79 Å². The van der Waals surface area contributed by atoms with E-state index in [0.717, 1.165) is 5.69 Å². The Hall–Kier alpha value is -3.34. The van der Waals surface area contributed by atoms with Gasteiger partial charge in [0.1, 0.15) is 0 Å². The SMILES string of the molecule is O=C(COC(=O)c1ccc(-n2cccc2)cc1)Nc1ccccc1. The third kappa shape index (κ3) is 3.89. The number of anilines is 1. The first kappa shape index (κ1) is 15.6. The number of nitrogens with one attached hydrogen (secondary N) is 1. The number of nitrogens with zero attached hydrogens (tertiary/aromatic N) is 1. The van der Waals surface area contributed by atoms with Gasteiger partial charge in [-0.25, -0.2) is 4.79 Å². The van der Waals surface area contributed by atoms with E-state index in [1.807, 2.05) is 59.4 Å². The molecule has 1 heterocycles. The van der Waals surface area contributed by atoms with Crippen LogP contribution in [-0.4, -0.2) is 23.1 Å². The number of carbonyl (C=O) groups excluding carboxylic acids is 2. The average Bonchev–Trinajstić information content (AvgIpc) is 3.15. The lowest BCUT2D eigenvalue weighted by atomic mass is 10.2. The highest BCUT2D eigenvalue weighted by Crippen LogP contribution is 2.11. The topological polar surface area (TPSA) is 60.3 Å². The predicted octanol–water partition coefficient (Wildman–Crippen LogP) is 3.27. The molecular weight excluding hydrogens is 304 g/mol. The zero-order valence-corrected chi connectivity index (χ0v) is 12.9. The molecule has 0 radical (unpaired) electrons. The Morgan fingerprint density at radius 2 is 1.54 bits per heavy atom. The monoisotopic (exact) mass is 320 g/mol. The minimum Gasteiger partial charge on any atom is -0.452 e. The number of ether oxygens (including phenoxy) is 1. The molecule has 120 valence electrons. The average molecular weight is 320 g/mol. The fourth-order valence-corrected chi connectivity index (χ4v) is 2.21. The molecule has 1 amide bonds. The van der Waals surface area contributed by atoms with Gasteiger partial charge < -0.3 is 14.6 Å². The molecule has 5 nitrogen and oxygen atoms in total. The predicted molar refractivity (Wildman–Crippen MR) is 91.1 cm³/mol. The molecule has 24 heavy (non-hydrogen) atoms. The van der Waals surface area contributed by atoms with Crippen LogP contribution in [0.25, 0.3) is 5.69 Å². The second-order valence-electron chi connectivity index (χ2n) is 5.13. The van der Waals surface area contributed by atoms with E-state index in [1.165, 1.54) is 0 Å². The van der Waals surface area contributed by atoms with Crippen molar-refractivity contribution in [3.63, 3.8) is 0 Å². The summed E-state index contributed by atoms with van der Waals surface area (Å²) in [5.74, 6) is -0.907. The molecule has 3 rings (SSSR count). The summed E-state index contributed by atoms with van der Waals surface area (Å²) >= 11 is 0. The van der Waals surface area contributed by atoms with Crippen molar-refractivity contribution in [1.82, 2.24) is 4.57 Å². The van der Waals surface area contributed by atoms with Gasteiger partial charge in [0.05, 0.1) is 5.56 Å². The van der Waals surface area contributed by atoms with Crippen molar-refractivity contribution in [2.75, 3.05) is 11.9 Å². The van der Waals surface area contributed by atoms with Crippen molar-refractivity contribution < 1.29 is 14.3 Å². The zero-order chi connectivity index (χ0) is 16.8. The Labute approximate surface area is 139 Å². The lowest BCUT2D eigenvalue weighted by molar-refractivity contribution is -0.119. The fourth-order valence-electron chi connectivity index (χ4n) is 2.21. The van der Waals surface area contributed by atoms with Gasteiger partial charge in [0.15, 0.2) is 6.61 Å². The Kier molecular flexibility index (Phi) is 4.72. The van der Waals surface area contributed by atoms with Gasteiger partial charge in [-0.2, -0.15) is 0 Å². The smallest absolute Gasteiger partial charge is 0.338 e. The van der Waals surface area contributed by atoms with E-state index in [0.29, 0.717) is 11.3 Å². The van der Waals surface area contributed by atoms with Crippen LogP contribution in [0, 0.1) is 0 Å². The minimum absolute atomic E-state index is 0.326. The van der Waals surface area contributed by atoms with Crippen molar-refractivity contribution >= 4 is 17.6 Å². The number of amides is 1. The molecule has 5 heteroatoms. The van der Waals surface area contributed by atoms with Gasteiger partial charge in [0.25, 0.3) is 5.91 Å². The Morgan fingerprint density at radius 1 is 0.875 bits per heavy atom. The number of carbonyl (C=O) groups is 2. The molecule has 2 aromatic carbocycles. The quantitative estimate of drug-likeness (QED) is 0.734. The van der Waals surface area contributed by atoms with Crippen LogP contribution in [0.1, 0.15) is 10.4 Å². The fraction of sp³-hybridized carbons (Fsp3) is 0.0526. The Bertz CT molecular complexity index is 810. The summed E-state index contributed by atoms with van der Waals surface area (Å²) in [5, 5.41) is 2.66. The molecule has 0 unspecified atom stereocenters. The summed E-state index contributed by atoms with van der Waals surface area (Å²) in [6, 6.07) is 19.8. The number of esters is 1. The highest BCUT2D eigenvalue weighted by atomic mass is 16.5. The second-order valence-corrected chi connectivity index (χ2v) is 5.13. The van der Waals surface area contributed by atoms with Crippen molar-refractivity contribution in [3.8, 4) is 5.69 Å². The summed E-state index contributed by atoms with van der Waals surface area (Å²) < 4.78 is 6.97. The van der Waals surface area contributed by atoms with E-state index in [-0.39, 0.29) is 12.5 Å². The molecular formula is C19H16N2O3. The van der Waals surface area contributed by atoms with Gasteiger partial charge in [-0.15, -0.1) is 0 Å². The van der Waals surface area contributed by atoms with Crippen LogP contribution in [-0.2, 0) is 9.53 Å². The number of hydrogen-bond acceptors (Lipinski definition) is 3. The van der Waals surface area contributed by atoms with Crippen LogP contribution in [0.4, 0.5) is 5.69 Å². The van der Waals surface area contributed by atoms with Gasteiger partial charge >= 0.3 is 5.97 Å². The van der Waals surface area contributed by atoms with Crippen molar-refractivity contribution in [2.24, 2.45) is 0 Å². The highest BCUT2D eigenvalue weighted by Gasteiger charge is 2.10. The number of rotatable bonds is 5. The molecule has 0 aliphatic heterocycles. The molecule has 3 aromatic rings. The van der Waals surface area contributed by atoms with Crippen LogP contribution in [0.2, 0.25) is 0 Å². The van der Waals surface area contributed by atoms with E-state index < -0.39 is 5.97 Å². The number of benzene rings is 2. The van der Waals surface area contributed by atoms with Crippen molar-refractivity contribution in [3.05, 3.63) is 84.7 Å². The Morgan fingerprint density at radius 3 is 2.21 bits per heavy atom. The van der Waals surface area contributed by atoms with Crippen LogP contribution in [0.3, 0.4) is 0 Å². The normalized spacial score (nSPS) is 10.2. The maximum Gasteiger partial charge on any atom is 0.338 e. The standard InChI is InChI=1S/C19H16N2O3/c22-18(20-16-6-2-1-3-7-16)14-24-19(23)15-8-10-17(11-9-15)21-12-4-5-13-21/h1-13H,14H2,(H,20,22). The van der Waals surface area contributed by atoms with Crippen LogP contribution < -0.4 is 5.32 Å². The summed E-state index contributed by atoms with van der Waals surface area (Å²) in [6.45, 7) is -0.326. The summed E-state index contributed by atoms with van der Waals surface area (Å²) in [5.41, 5.74) is 2.01. The molecule has 0 aliphatic carbocycles. The molecule has 0 fully saturated rings. The van der Waals surface area contributed by atoms with Gasteiger partial charge in [-0.05, 0) is 48.5 Å². The van der Waals surface area contributed by atoms with Crippen molar-refractivity contribution in [2.45, 2.75) is 0 Å². The van der Waals surface area contributed by atoms with Crippen LogP contribution in [0.5, 0.6) is 0 Å². The van der Waals surface area contributed by atoms with E-state index >= 15 is 0 Å². The maximum absolute atomic E-state index is 12.0. The number of aromatic nitrogens is 1.